The first-order valence-corrected chi connectivity index (χ1v) is 17.0. The number of aliphatic hydroxyl groups is 2. The first-order valence-electron chi connectivity index (χ1n) is 17.0. The molecular weight excluding hydrogens is 642 g/mol. The summed E-state index contributed by atoms with van der Waals surface area (Å²) in [6, 6.07) is 33.9. The summed E-state index contributed by atoms with van der Waals surface area (Å²) in [5.74, 6) is -0.999. The van der Waals surface area contributed by atoms with Gasteiger partial charge in [-0.2, -0.15) is 0 Å². The van der Waals surface area contributed by atoms with Crippen LogP contribution in [0.1, 0.15) is 40.4 Å². The van der Waals surface area contributed by atoms with E-state index in [4.69, 9.17) is 4.74 Å². The zero-order chi connectivity index (χ0) is 35.7. The van der Waals surface area contributed by atoms with Gasteiger partial charge in [-0.3, -0.25) is 19.3 Å². The molecule has 9 nitrogen and oxygen atoms in total. The molecule has 0 aliphatic carbocycles. The molecule has 7 rings (SSSR count). The maximum Gasteiger partial charge on any atom is 0.264 e. The van der Waals surface area contributed by atoms with Crippen molar-refractivity contribution in [3.63, 3.8) is 0 Å². The lowest BCUT2D eigenvalue weighted by Gasteiger charge is -2.28. The number of ether oxygens (including phenoxy) is 1. The van der Waals surface area contributed by atoms with E-state index in [2.05, 4.69) is 0 Å². The highest BCUT2D eigenvalue weighted by Gasteiger charge is 2.52. The van der Waals surface area contributed by atoms with Gasteiger partial charge in [0.2, 0.25) is 5.91 Å². The quantitative estimate of drug-likeness (QED) is 0.146. The predicted octanol–water partition coefficient (Wildman–Crippen LogP) is 6.48. The molecule has 0 fully saturated rings. The monoisotopic (exact) mass is 681 g/mol. The van der Waals surface area contributed by atoms with Gasteiger partial charge in [0, 0.05) is 42.1 Å². The molecule has 0 radical (unpaired) electrons. The molecular formula is C42H39N3O6. The van der Waals surface area contributed by atoms with Gasteiger partial charge in [-0.05, 0) is 59.0 Å². The minimum Gasteiger partial charge on any atom is -0.497 e. The molecule has 2 aliphatic rings. The number of methoxy groups -OCH3 is 1. The van der Waals surface area contributed by atoms with Crippen LogP contribution in [0.3, 0.4) is 0 Å². The van der Waals surface area contributed by atoms with E-state index in [-0.39, 0.29) is 37.9 Å². The molecule has 2 atom stereocenters. The fourth-order valence-electron chi connectivity index (χ4n) is 7.22. The van der Waals surface area contributed by atoms with Gasteiger partial charge in [0.25, 0.3) is 11.8 Å². The molecule has 0 bridgehead atoms. The van der Waals surface area contributed by atoms with Gasteiger partial charge in [0.15, 0.2) is 5.60 Å². The van der Waals surface area contributed by atoms with Crippen LogP contribution in [0.5, 0.6) is 5.75 Å². The standard InChI is InChI=1S/C42H39N3O6/c1-28(10-6-19-38(47)43(22-23-46)26-29-11-4-3-5-12-29)42(50)35-25-33(51-2)20-21-36(35)44(41(42)49)27-30-13-7-16-32(24-30)45-37-18-9-15-31-14-8-17-34(39(31)37)40(45)48/h3-18,20-21,24-25,28,46,50H,19,22-23,26-27H2,1-2H3/b10-6+/t28-,42+/m0/s1. The molecule has 9 heteroatoms. The van der Waals surface area contributed by atoms with Gasteiger partial charge in [-0.1, -0.05) is 85.8 Å². The maximum absolute atomic E-state index is 14.3. The van der Waals surface area contributed by atoms with Gasteiger partial charge in [-0.25, -0.2) is 0 Å². The van der Waals surface area contributed by atoms with Crippen LogP contribution >= 0.6 is 0 Å². The second kappa shape index (κ2) is 13.9. The first-order chi connectivity index (χ1) is 24.7. The van der Waals surface area contributed by atoms with Gasteiger partial charge in [0.05, 0.1) is 37.2 Å². The minimum atomic E-state index is -1.93. The summed E-state index contributed by atoms with van der Waals surface area (Å²) < 4.78 is 5.48. The van der Waals surface area contributed by atoms with E-state index in [1.54, 1.807) is 52.0 Å². The predicted molar refractivity (Wildman–Crippen MR) is 197 cm³/mol. The van der Waals surface area contributed by atoms with Crippen LogP contribution in [-0.4, -0.2) is 53.1 Å². The Kier molecular flexibility index (Phi) is 9.16. The van der Waals surface area contributed by atoms with Crippen LogP contribution in [0, 0.1) is 5.92 Å². The molecule has 0 aromatic heterocycles. The number of nitrogens with zero attached hydrogens (tertiary/aromatic N) is 3. The number of rotatable bonds is 12. The Morgan fingerprint density at radius 3 is 2.41 bits per heavy atom. The number of anilines is 3. The van der Waals surface area contributed by atoms with Gasteiger partial charge < -0.3 is 24.7 Å². The lowest BCUT2D eigenvalue weighted by molar-refractivity contribution is -0.139. The number of carbonyl (C=O) groups is 3. The summed E-state index contributed by atoms with van der Waals surface area (Å²) in [5, 5.41) is 23.8. The average Bonchev–Trinajstić information content (AvgIpc) is 3.56. The number of hydrogen-bond acceptors (Lipinski definition) is 6. The van der Waals surface area contributed by atoms with E-state index >= 15 is 0 Å². The smallest absolute Gasteiger partial charge is 0.264 e. The van der Waals surface area contributed by atoms with Crippen molar-refractivity contribution in [2.45, 2.75) is 32.0 Å². The molecule has 51 heavy (non-hydrogen) atoms. The molecule has 5 aromatic carbocycles. The van der Waals surface area contributed by atoms with Crippen LogP contribution in [0.15, 0.2) is 121 Å². The topological polar surface area (TPSA) is 111 Å². The van der Waals surface area contributed by atoms with Crippen LogP contribution in [0.4, 0.5) is 17.1 Å². The van der Waals surface area contributed by atoms with E-state index in [1.165, 1.54) is 7.11 Å². The SMILES string of the molecule is COc1ccc2c(c1)[C@](O)([C@@H](C)/C=C/CC(=O)N(CCO)Cc1ccccc1)C(=O)N2Cc1cccc(N2C(=O)c3cccc4cccc2c34)c1. The Bertz CT molecular complexity index is 2160. The van der Waals surface area contributed by atoms with E-state index in [9.17, 15) is 24.6 Å². The Hall–Kier alpha value is -5.77. The Labute approximate surface area is 296 Å². The van der Waals surface area contributed by atoms with Crippen molar-refractivity contribution in [1.82, 2.24) is 4.90 Å². The summed E-state index contributed by atoms with van der Waals surface area (Å²) in [6.07, 6.45) is 3.40. The largest absolute Gasteiger partial charge is 0.497 e. The summed E-state index contributed by atoms with van der Waals surface area (Å²) in [7, 11) is 1.53. The summed E-state index contributed by atoms with van der Waals surface area (Å²) in [6.45, 7) is 2.29. The van der Waals surface area contributed by atoms with E-state index < -0.39 is 17.4 Å². The lowest BCUT2D eigenvalue weighted by Crippen LogP contribution is -2.44. The maximum atomic E-state index is 14.3. The number of hydrogen-bond donors (Lipinski definition) is 2. The fourth-order valence-corrected chi connectivity index (χ4v) is 7.22. The van der Waals surface area contributed by atoms with Gasteiger partial charge in [-0.15, -0.1) is 0 Å². The van der Waals surface area contributed by atoms with E-state index in [1.807, 2.05) is 91.0 Å². The third-order valence-electron chi connectivity index (χ3n) is 9.86. The van der Waals surface area contributed by atoms with Crippen LogP contribution in [0.2, 0.25) is 0 Å². The highest BCUT2D eigenvalue weighted by atomic mass is 16.5. The zero-order valence-corrected chi connectivity index (χ0v) is 28.5. The molecule has 5 aromatic rings. The van der Waals surface area contributed by atoms with E-state index in [0.29, 0.717) is 34.8 Å². The van der Waals surface area contributed by atoms with Crippen LogP contribution in [0.25, 0.3) is 10.8 Å². The number of fused-ring (bicyclic) bond motifs is 1. The Balaban J connectivity index is 1.13. The van der Waals surface area contributed by atoms with Gasteiger partial charge in [0.1, 0.15) is 5.75 Å². The minimum absolute atomic E-state index is 0.0374. The van der Waals surface area contributed by atoms with Crippen molar-refractivity contribution in [3.8, 4) is 5.75 Å². The number of benzene rings is 5. The fraction of sp³-hybridized carbons (Fsp3) is 0.214. The van der Waals surface area contributed by atoms with Crippen molar-refractivity contribution < 1.29 is 29.3 Å². The van der Waals surface area contributed by atoms with E-state index in [0.717, 1.165) is 27.6 Å². The molecule has 0 saturated heterocycles. The molecule has 0 spiro atoms. The normalized spacial score (nSPS) is 17.0. The van der Waals surface area contributed by atoms with Gasteiger partial charge >= 0.3 is 0 Å². The second-order valence-electron chi connectivity index (χ2n) is 13.0. The molecule has 0 unspecified atom stereocenters. The van der Waals surface area contributed by atoms with Crippen molar-refractivity contribution >= 4 is 45.6 Å². The second-order valence-corrected chi connectivity index (χ2v) is 13.0. The summed E-state index contributed by atoms with van der Waals surface area (Å²) in [4.78, 5) is 46.0. The number of amides is 3. The molecule has 0 saturated carbocycles. The van der Waals surface area contributed by atoms with Crippen LogP contribution < -0.4 is 14.5 Å². The average molecular weight is 682 g/mol. The molecule has 2 N–H and O–H groups in total. The molecule has 258 valence electrons. The van der Waals surface area contributed by atoms with Crippen molar-refractivity contribution in [2.24, 2.45) is 5.92 Å². The van der Waals surface area contributed by atoms with Crippen molar-refractivity contribution in [3.05, 3.63) is 144 Å². The number of carbonyl (C=O) groups excluding carboxylic acids is 3. The zero-order valence-electron chi connectivity index (χ0n) is 28.5. The lowest BCUT2D eigenvalue weighted by atomic mass is 9.83. The van der Waals surface area contributed by atoms with Crippen molar-refractivity contribution in [2.75, 3.05) is 30.1 Å². The van der Waals surface area contributed by atoms with Crippen LogP contribution in [-0.2, 0) is 28.3 Å². The Morgan fingerprint density at radius 1 is 0.902 bits per heavy atom. The highest BCUT2D eigenvalue weighted by Crippen LogP contribution is 2.48. The highest BCUT2D eigenvalue weighted by molar-refractivity contribution is 6.27. The summed E-state index contributed by atoms with van der Waals surface area (Å²) in [5.41, 5.74) is 2.91. The molecule has 2 aliphatic heterocycles. The Morgan fingerprint density at radius 2 is 1.65 bits per heavy atom. The summed E-state index contributed by atoms with van der Waals surface area (Å²) >= 11 is 0. The van der Waals surface area contributed by atoms with Crippen molar-refractivity contribution in [1.29, 1.82) is 0 Å². The first kappa shape index (κ1) is 33.7. The molecule has 2 heterocycles. The third-order valence-corrected chi connectivity index (χ3v) is 9.86. The molecule has 3 amide bonds. The number of aliphatic hydroxyl groups excluding tert-OH is 1. The third kappa shape index (κ3) is 6.05.